The minimum absolute atomic E-state index is 0.0215. The van der Waals surface area contributed by atoms with Crippen LogP contribution < -0.4 is 15.8 Å². The highest BCUT2D eigenvalue weighted by atomic mass is 32.1. The molecule has 2 aromatic carbocycles. The van der Waals surface area contributed by atoms with Gasteiger partial charge in [0.2, 0.25) is 10.7 Å². The smallest absolute Gasteiger partial charge is 0.255 e. The van der Waals surface area contributed by atoms with Gasteiger partial charge in [-0.2, -0.15) is 5.21 Å². The van der Waals surface area contributed by atoms with E-state index < -0.39 is 5.41 Å². The molecule has 0 unspecified atom stereocenters. The number of aromatic nitrogens is 4. The second kappa shape index (κ2) is 7.13. The summed E-state index contributed by atoms with van der Waals surface area (Å²) in [7, 11) is 0. The van der Waals surface area contributed by atoms with Crippen molar-refractivity contribution in [1.82, 2.24) is 25.6 Å². The van der Waals surface area contributed by atoms with Crippen LogP contribution in [0.1, 0.15) is 24.2 Å². The summed E-state index contributed by atoms with van der Waals surface area (Å²) in [6.07, 6.45) is 0. The maximum Gasteiger partial charge on any atom is 0.255 e. The summed E-state index contributed by atoms with van der Waals surface area (Å²) in [5.41, 5.74) is 5.04. The third-order valence-corrected chi connectivity index (χ3v) is 4.94. The van der Waals surface area contributed by atoms with E-state index >= 15 is 0 Å². The quantitative estimate of drug-likeness (QED) is 0.572. The minimum atomic E-state index is -0.450. The molecular formula is C19H19N7O2S. The fourth-order valence-corrected chi connectivity index (χ4v) is 3.21. The molecule has 0 radical (unpaired) electrons. The molecule has 2 amide bonds. The number of carbonyl (C=O) groups excluding carboxylic acids is 2. The van der Waals surface area contributed by atoms with E-state index in [9.17, 15) is 9.59 Å². The van der Waals surface area contributed by atoms with Crippen LogP contribution in [0.2, 0.25) is 0 Å². The molecule has 0 aliphatic carbocycles. The lowest BCUT2D eigenvalue weighted by molar-refractivity contribution is -0.125. The highest BCUT2D eigenvalue weighted by Crippen LogP contribution is 2.27. The first-order valence-corrected chi connectivity index (χ1v) is 9.35. The van der Waals surface area contributed by atoms with Gasteiger partial charge in [-0.1, -0.05) is 16.4 Å². The molecule has 1 saturated heterocycles. The van der Waals surface area contributed by atoms with Gasteiger partial charge in [0, 0.05) is 11.3 Å². The molecule has 1 aliphatic rings. The van der Waals surface area contributed by atoms with E-state index in [0.29, 0.717) is 28.3 Å². The van der Waals surface area contributed by atoms with Crippen molar-refractivity contribution in [3.8, 4) is 5.69 Å². The van der Waals surface area contributed by atoms with Crippen LogP contribution in [0.15, 0.2) is 48.5 Å². The lowest BCUT2D eigenvalue weighted by Gasteiger charge is -2.19. The lowest BCUT2D eigenvalue weighted by atomic mass is 9.94. The standard InChI is InChI=1S/C19H19N7O2S/c1-19(2)11-25(22-17(19)28)14-8-6-12(7-9-14)16(27)20-13-4-3-5-15(10-13)26-18(29)21-23-24-26/h3-10H,11H2,1-2H3,(H,20,27)(H,22,28)(H,21,24,29). The average Bonchev–Trinajstić information content (AvgIpc) is 3.24. The molecule has 10 heteroatoms. The SMILES string of the molecule is CC1(C)CN(c2ccc(C(=O)Nc3cccc(-n4[nH]nnc4=S)c3)cc2)NC1=O. The Labute approximate surface area is 171 Å². The van der Waals surface area contributed by atoms with E-state index in [4.69, 9.17) is 12.2 Å². The van der Waals surface area contributed by atoms with Crippen LogP contribution in [0.25, 0.3) is 5.69 Å². The van der Waals surface area contributed by atoms with Crippen LogP contribution >= 0.6 is 12.2 Å². The van der Waals surface area contributed by atoms with E-state index in [2.05, 4.69) is 26.3 Å². The second-order valence-corrected chi connectivity index (χ2v) is 7.75. The summed E-state index contributed by atoms with van der Waals surface area (Å²) >= 11 is 5.09. The molecule has 29 heavy (non-hydrogen) atoms. The summed E-state index contributed by atoms with van der Waals surface area (Å²) in [5.74, 6) is -0.266. The van der Waals surface area contributed by atoms with Crippen molar-refractivity contribution in [1.29, 1.82) is 0 Å². The van der Waals surface area contributed by atoms with E-state index in [0.717, 1.165) is 5.69 Å². The Hall–Kier alpha value is -3.53. The monoisotopic (exact) mass is 409 g/mol. The predicted octanol–water partition coefficient (Wildman–Crippen LogP) is 2.45. The van der Waals surface area contributed by atoms with E-state index in [-0.39, 0.29) is 11.8 Å². The first-order chi connectivity index (χ1) is 13.8. The number of rotatable bonds is 4. The average molecular weight is 409 g/mol. The van der Waals surface area contributed by atoms with Crippen molar-refractivity contribution in [2.24, 2.45) is 5.41 Å². The molecule has 0 bridgehead atoms. The topological polar surface area (TPSA) is 108 Å². The van der Waals surface area contributed by atoms with Crippen molar-refractivity contribution < 1.29 is 9.59 Å². The maximum atomic E-state index is 12.6. The third-order valence-electron chi connectivity index (χ3n) is 4.68. The van der Waals surface area contributed by atoms with Gasteiger partial charge in [-0.3, -0.25) is 20.0 Å². The number of benzene rings is 2. The summed E-state index contributed by atoms with van der Waals surface area (Å²) in [6, 6.07) is 14.2. The number of carbonyl (C=O) groups is 2. The summed E-state index contributed by atoms with van der Waals surface area (Å²) in [5, 5.41) is 14.7. The van der Waals surface area contributed by atoms with E-state index in [1.807, 2.05) is 32.0 Å². The first kappa shape index (κ1) is 18.8. The molecule has 0 saturated carbocycles. The Morgan fingerprint density at radius 3 is 2.55 bits per heavy atom. The van der Waals surface area contributed by atoms with Gasteiger partial charge in [-0.25, -0.2) is 4.68 Å². The zero-order valence-corrected chi connectivity index (χ0v) is 16.7. The third kappa shape index (κ3) is 3.74. The highest BCUT2D eigenvalue weighted by Gasteiger charge is 2.38. The molecule has 2 heterocycles. The van der Waals surface area contributed by atoms with Crippen LogP contribution in [0.5, 0.6) is 0 Å². The van der Waals surface area contributed by atoms with Gasteiger partial charge in [0.05, 0.1) is 23.3 Å². The van der Waals surface area contributed by atoms with Gasteiger partial charge < -0.3 is 5.32 Å². The zero-order chi connectivity index (χ0) is 20.6. The minimum Gasteiger partial charge on any atom is -0.322 e. The van der Waals surface area contributed by atoms with Crippen LogP contribution in [0.4, 0.5) is 11.4 Å². The Kier molecular flexibility index (Phi) is 4.63. The molecule has 1 fully saturated rings. The fourth-order valence-electron chi connectivity index (χ4n) is 3.02. The number of amides is 2. The van der Waals surface area contributed by atoms with E-state index in [1.54, 1.807) is 35.3 Å². The van der Waals surface area contributed by atoms with Crippen molar-refractivity contribution in [2.75, 3.05) is 16.9 Å². The number of hydrogen-bond acceptors (Lipinski definition) is 6. The van der Waals surface area contributed by atoms with Crippen molar-refractivity contribution in [2.45, 2.75) is 13.8 Å². The Bertz CT molecular complexity index is 1130. The first-order valence-electron chi connectivity index (χ1n) is 8.94. The normalized spacial score (nSPS) is 15.2. The molecule has 9 nitrogen and oxygen atoms in total. The van der Waals surface area contributed by atoms with Gasteiger partial charge >= 0.3 is 0 Å². The van der Waals surface area contributed by atoms with Crippen molar-refractivity contribution >= 4 is 35.4 Å². The summed E-state index contributed by atoms with van der Waals surface area (Å²) in [4.78, 5) is 24.6. The van der Waals surface area contributed by atoms with Gasteiger partial charge in [-0.15, -0.1) is 0 Å². The second-order valence-electron chi connectivity index (χ2n) is 7.38. The van der Waals surface area contributed by atoms with Crippen LogP contribution in [-0.2, 0) is 4.79 Å². The summed E-state index contributed by atoms with van der Waals surface area (Å²) < 4.78 is 1.83. The molecule has 4 rings (SSSR count). The number of tetrazole rings is 1. The van der Waals surface area contributed by atoms with Crippen LogP contribution in [0, 0.1) is 10.2 Å². The highest BCUT2D eigenvalue weighted by molar-refractivity contribution is 7.71. The Morgan fingerprint density at radius 1 is 1.17 bits per heavy atom. The molecule has 0 spiro atoms. The van der Waals surface area contributed by atoms with E-state index in [1.165, 1.54) is 4.68 Å². The lowest BCUT2D eigenvalue weighted by Crippen LogP contribution is -2.33. The van der Waals surface area contributed by atoms with Gasteiger partial charge in [-0.05, 0) is 68.5 Å². The predicted molar refractivity (Wildman–Crippen MR) is 110 cm³/mol. The molecule has 148 valence electrons. The van der Waals surface area contributed by atoms with Gasteiger partial charge in [0.1, 0.15) is 0 Å². The number of anilines is 2. The van der Waals surface area contributed by atoms with Crippen LogP contribution in [0.3, 0.4) is 0 Å². The Balaban J connectivity index is 1.48. The van der Waals surface area contributed by atoms with Crippen LogP contribution in [-0.4, -0.2) is 38.6 Å². The zero-order valence-electron chi connectivity index (χ0n) is 15.8. The molecule has 3 aromatic rings. The molecule has 3 N–H and O–H groups in total. The Morgan fingerprint density at radius 2 is 1.93 bits per heavy atom. The summed E-state index contributed by atoms with van der Waals surface area (Å²) in [6.45, 7) is 4.35. The number of H-pyrrole nitrogens is 1. The number of hydrogen-bond donors (Lipinski definition) is 3. The molecule has 1 aromatic heterocycles. The number of hydrazine groups is 1. The van der Waals surface area contributed by atoms with Crippen molar-refractivity contribution in [3.05, 3.63) is 58.9 Å². The molecule has 1 aliphatic heterocycles. The van der Waals surface area contributed by atoms with Gasteiger partial charge in [0.15, 0.2) is 0 Å². The van der Waals surface area contributed by atoms with Gasteiger partial charge in [0.25, 0.3) is 5.91 Å². The number of nitrogens with zero attached hydrogens (tertiary/aromatic N) is 4. The molecular weight excluding hydrogens is 390 g/mol. The molecule has 0 atom stereocenters. The fraction of sp³-hybridized carbons (Fsp3) is 0.211. The largest absolute Gasteiger partial charge is 0.322 e. The maximum absolute atomic E-state index is 12.6. The number of aromatic amines is 1. The van der Waals surface area contributed by atoms with Crippen molar-refractivity contribution in [3.63, 3.8) is 0 Å². The number of nitrogens with one attached hydrogen (secondary N) is 3.